The second-order valence-electron chi connectivity index (χ2n) is 4.51. The molecule has 19 heavy (non-hydrogen) atoms. The highest BCUT2D eigenvalue weighted by Crippen LogP contribution is 2.38. The smallest absolute Gasteiger partial charge is 0.350 e. The quantitative estimate of drug-likeness (QED) is 0.659. The number of rotatable bonds is 4. The maximum absolute atomic E-state index is 11.7. The molecule has 0 amide bonds. The monoisotopic (exact) mass is 290 g/mol. The average Bonchev–Trinajstić information content (AvgIpc) is 2.73. The predicted molar refractivity (Wildman–Crippen MR) is 66.0 cm³/mol. The average molecular weight is 290 g/mol. The van der Waals surface area contributed by atoms with Gasteiger partial charge in [0.25, 0.3) is 5.56 Å². The highest BCUT2D eigenvalue weighted by atomic mass is 31.2. The van der Waals surface area contributed by atoms with Gasteiger partial charge in [-0.25, -0.2) is 4.79 Å². The Bertz CT molecular complexity index is 603. The highest BCUT2D eigenvalue weighted by molar-refractivity contribution is 7.51. The van der Waals surface area contributed by atoms with Crippen molar-refractivity contribution in [3.63, 3.8) is 0 Å². The van der Waals surface area contributed by atoms with Gasteiger partial charge >= 0.3 is 13.3 Å². The molecule has 1 aliphatic carbocycles. The lowest BCUT2D eigenvalue weighted by atomic mass is 10.2. The summed E-state index contributed by atoms with van der Waals surface area (Å²) in [5, 5.41) is 0. The van der Waals surface area contributed by atoms with Crippen LogP contribution in [-0.2, 0) is 9.30 Å². The van der Waals surface area contributed by atoms with Crippen LogP contribution in [0, 0.1) is 0 Å². The molecule has 9 heteroatoms. The zero-order valence-electron chi connectivity index (χ0n) is 10.1. The SMILES string of the molecule is O=c1ccn([C@H]2CCC[C@H]2OCP(=O)(O)O)c(=O)[nH]1. The summed E-state index contributed by atoms with van der Waals surface area (Å²) in [7, 11) is -4.22. The number of nitrogens with zero attached hydrogens (tertiary/aromatic N) is 1. The molecule has 8 nitrogen and oxygen atoms in total. The Morgan fingerprint density at radius 2 is 2.16 bits per heavy atom. The molecule has 2 atom stereocenters. The molecule has 0 unspecified atom stereocenters. The Kier molecular flexibility index (Phi) is 4.05. The molecule has 1 heterocycles. The van der Waals surface area contributed by atoms with Crippen LogP contribution in [0.1, 0.15) is 25.3 Å². The summed E-state index contributed by atoms with van der Waals surface area (Å²) >= 11 is 0. The van der Waals surface area contributed by atoms with Gasteiger partial charge < -0.3 is 14.5 Å². The van der Waals surface area contributed by atoms with Gasteiger partial charge in [-0.2, -0.15) is 0 Å². The van der Waals surface area contributed by atoms with Gasteiger partial charge in [0.2, 0.25) is 0 Å². The summed E-state index contributed by atoms with van der Waals surface area (Å²) in [6.45, 7) is 0. The number of H-pyrrole nitrogens is 1. The summed E-state index contributed by atoms with van der Waals surface area (Å²) in [6, 6.07) is 0.927. The normalized spacial score (nSPS) is 23.7. The summed E-state index contributed by atoms with van der Waals surface area (Å²) in [4.78, 5) is 42.4. The van der Waals surface area contributed by atoms with Crippen molar-refractivity contribution < 1.29 is 19.1 Å². The van der Waals surface area contributed by atoms with Crippen LogP contribution in [-0.4, -0.2) is 31.8 Å². The Hall–Kier alpha value is -1.21. The van der Waals surface area contributed by atoms with Gasteiger partial charge in [-0.05, 0) is 19.3 Å². The molecule has 2 rings (SSSR count). The predicted octanol–water partition coefficient (Wildman–Crippen LogP) is -0.218. The van der Waals surface area contributed by atoms with Gasteiger partial charge in [-0.1, -0.05) is 0 Å². The molecule has 3 N–H and O–H groups in total. The van der Waals surface area contributed by atoms with Crippen LogP contribution in [0.3, 0.4) is 0 Å². The van der Waals surface area contributed by atoms with E-state index in [2.05, 4.69) is 4.98 Å². The van der Waals surface area contributed by atoms with E-state index in [1.807, 2.05) is 0 Å². The van der Waals surface area contributed by atoms with Crippen molar-refractivity contribution in [3.8, 4) is 0 Å². The summed E-state index contributed by atoms with van der Waals surface area (Å²) in [5.41, 5.74) is -1.02. The third-order valence-corrected chi connectivity index (χ3v) is 3.57. The molecule has 1 aromatic rings. The molecule has 0 radical (unpaired) electrons. The Balaban J connectivity index is 2.16. The van der Waals surface area contributed by atoms with Crippen LogP contribution in [0.15, 0.2) is 21.9 Å². The summed E-state index contributed by atoms with van der Waals surface area (Å²) in [6.07, 6.45) is 2.36. The molecule has 0 spiro atoms. The standard InChI is InChI=1S/C10H15N2O6P/c13-9-4-5-12(10(14)11-9)7-2-1-3-8(7)18-6-19(15,16)17/h4-5,7-8H,1-3,6H2,(H,11,13,14)(H2,15,16,17)/t7-,8+/m0/s1. The van der Waals surface area contributed by atoms with Crippen molar-refractivity contribution in [1.82, 2.24) is 9.55 Å². The number of hydrogen-bond acceptors (Lipinski definition) is 4. The lowest BCUT2D eigenvalue weighted by Crippen LogP contribution is -2.35. The third-order valence-electron chi connectivity index (χ3n) is 3.08. The third kappa shape index (κ3) is 3.63. The van der Waals surface area contributed by atoms with Crippen molar-refractivity contribution >= 4 is 7.60 Å². The van der Waals surface area contributed by atoms with Gasteiger partial charge in [-0.15, -0.1) is 0 Å². The van der Waals surface area contributed by atoms with Gasteiger partial charge in [0.15, 0.2) is 0 Å². The maximum atomic E-state index is 11.7. The molecule has 0 bridgehead atoms. The van der Waals surface area contributed by atoms with E-state index in [9.17, 15) is 14.2 Å². The van der Waals surface area contributed by atoms with Crippen LogP contribution < -0.4 is 11.2 Å². The Morgan fingerprint density at radius 3 is 2.79 bits per heavy atom. The molecule has 106 valence electrons. The fraction of sp³-hybridized carbons (Fsp3) is 0.600. The van der Waals surface area contributed by atoms with Crippen molar-refractivity contribution in [2.24, 2.45) is 0 Å². The number of aromatic nitrogens is 2. The van der Waals surface area contributed by atoms with Crippen LogP contribution in [0.4, 0.5) is 0 Å². The van der Waals surface area contributed by atoms with Crippen LogP contribution in [0.2, 0.25) is 0 Å². The van der Waals surface area contributed by atoms with Gasteiger partial charge in [-0.3, -0.25) is 18.9 Å². The van der Waals surface area contributed by atoms with Gasteiger partial charge in [0, 0.05) is 12.3 Å². The minimum Gasteiger partial charge on any atom is -0.363 e. The lowest BCUT2D eigenvalue weighted by molar-refractivity contribution is 0.0499. The second kappa shape index (κ2) is 5.42. The van der Waals surface area contributed by atoms with Gasteiger partial charge in [0.05, 0.1) is 12.1 Å². The van der Waals surface area contributed by atoms with E-state index in [0.29, 0.717) is 12.8 Å². The van der Waals surface area contributed by atoms with Crippen molar-refractivity contribution in [1.29, 1.82) is 0 Å². The first-order chi connectivity index (χ1) is 8.87. The van der Waals surface area contributed by atoms with E-state index < -0.39 is 31.3 Å². The second-order valence-corrected chi connectivity index (χ2v) is 6.10. The highest BCUT2D eigenvalue weighted by Gasteiger charge is 2.31. The lowest BCUT2D eigenvalue weighted by Gasteiger charge is -2.22. The van der Waals surface area contributed by atoms with E-state index in [4.69, 9.17) is 14.5 Å². The first kappa shape index (κ1) is 14.2. The molecule has 1 aromatic heterocycles. The van der Waals surface area contributed by atoms with Gasteiger partial charge in [0.1, 0.15) is 6.35 Å². The molecular weight excluding hydrogens is 275 g/mol. The van der Waals surface area contributed by atoms with Crippen molar-refractivity contribution in [2.45, 2.75) is 31.4 Å². The number of nitrogens with one attached hydrogen (secondary N) is 1. The van der Waals surface area contributed by atoms with Crippen molar-refractivity contribution in [2.75, 3.05) is 6.35 Å². The fourth-order valence-corrected chi connectivity index (χ4v) is 2.69. The molecule has 0 aliphatic heterocycles. The zero-order valence-corrected chi connectivity index (χ0v) is 11.0. The largest absolute Gasteiger partial charge is 0.363 e. The molecule has 0 saturated heterocycles. The molecule has 1 aliphatic rings. The molecule has 1 fully saturated rings. The Labute approximate surface area is 108 Å². The zero-order chi connectivity index (χ0) is 14.0. The minimum atomic E-state index is -4.22. The first-order valence-corrected chi connectivity index (χ1v) is 7.64. The molecule has 0 aromatic carbocycles. The minimum absolute atomic E-state index is 0.309. The fourth-order valence-electron chi connectivity index (χ4n) is 2.30. The number of ether oxygens (including phenoxy) is 1. The van der Waals surface area contributed by atoms with E-state index in [-0.39, 0.29) is 6.04 Å². The maximum Gasteiger partial charge on any atom is 0.350 e. The van der Waals surface area contributed by atoms with Crippen molar-refractivity contribution in [3.05, 3.63) is 33.1 Å². The number of hydrogen-bond donors (Lipinski definition) is 3. The number of aromatic amines is 1. The Morgan fingerprint density at radius 1 is 1.42 bits per heavy atom. The topological polar surface area (TPSA) is 122 Å². The molecule has 1 saturated carbocycles. The van der Waals surface area contributed by atoms with E-state index in [1.54, 1.807) is 0 Å². The summed E-state index contributed by atoms with van der Waals surface area (Å²) < 4.78 is 17.3. The van der Waals surface area contributed by atoms with E-state index in [1.165, 1.54) is 16.8 Å². The van der Waals surface area contributed by atoms with E-state index >= 15 is 0 Å². The first-order valence-electron chi connectivity index (χ1n) is 5.84. The van der Waals surface area contributed by atoms with E-state index in [0.717, 1.165) is 6.42 Å². The summed E-state index contributed by atoms with van der Waals surface area (Å²) in [5.74, 6) is 0. The van der Waals surface area contributed by atoms with Crippen LogP contribution in [0.5, 0.6) is 0 Å². The molecular formula is C10H15N2O6P. The van der Waals surface area contributed by atoms with Crippen LogP contribution in [0.25, 0.3) is 0 Å². The van der Waals surface area contributed by atoms with Crippen LogP contribution >= 0.6 is 7.60 Å².